The molecule has 1 aromatic carbocycles. The Balaban J connectivity index is 1.38. The highest BCUT2D eigenvalue weighted by molar-refractivity contribution is 7.91. The SMILES string of the molecule is O=C(Nc1ncc(Cc2ccc(Cl)cc2)s1)C1CCCN(S(=O)(=O)c2cccs2)C1. The maximum absolute atomic E-state index is 12.8. The first-order valence-corrected chi connectivity index (χ1v) is 13.0. The molecule has 158 valence electrons. The van der Waals surface area contributed by atoms with Gasteiger partial charge in [-0.05, 0) is 42.0 Å². The number of aromatic nitrogens is 1. The molecule has 1 N–H and O–H groups in total. The van der Waals surface area contributed by atoms with Crippen LogP contribution in [0.3, 0.4) is 0 Å². The van der Waals surface area contributed by atoms with Gasteiger partial charge >= 0.3 is 0 Å². The van der Waals surface area contributed by atoms with E-state index in [9.17, 15) is 13.2 Å². The molecule has 6 nitrogen and oxygen atoms in total. The minimum Gasteiger partial charge on any atom is -0.302 e. The third-order valence-electron chi connectivity index (χ3n) is 4.92. The lowest BCUT2D eigenvalue weighted by Gasteiger charge is -2.30. The molecular weight excluding hydrogens is 462 g/mol. The van der Waals surface area contributed by atoms with Crippen molar-refractivity contribution in [1.29, 1.82) is 0 Å². The van der Waals surface area contributed by atoms with Gasteiger partial charge in [-0.25, -0.2) is 13.4 Å². The first-order valence-electron chi connectivity index (χ1n) is 9.45. The van der Waals surface area contributed by atoms with Gasteiger partial charge in [-0.2, -0.15) is 4.31 Å². The van der Waals surface area contributed by atoms with E-state index in [0.29, 0.717) is 40.2 Å². The lowest BCUT2D eigenvalue weighted by atomic mass is 9.99. The van der Waals surface area contributed by atoms with E-state index < -0.39 is 15.9 Å². The number of hydrogen-bond acceptors (Lipinski definition) is 6. The Kier molecular flexibility index (Phi) is 6.54. The maximum Gasteiger partial charge on any atom is 0.252 e. The first kappa shape index (κ1) is 21.5. The normalized spacial score (nSPS) is 17.7. The van der Waals surface area contributed by atoms with Crippen molar-refractivity contribution in [2.75, 3.05) is 18.4 Å². The fourth-order valence-corrected chi connectivity index (χ4v) is 7.01. The van der Waals surface area contributed by atoms with Crippen molar-refractivity contribution in [3.8, 4) is 0 Å². The molecule has 30 heavy (non-hydrogen) atoms. The third-order valence-corrected chi connectivity index (χ3v) is 9.32. The molecule has 1 amide bonds. The molecule has 3 aromatic rings. The van der Waals surface area contributed by atoms with E-state index >= 15 is 0 Å². The molecule has 2 aromatic heterocycles. The van der Waals surface area contributed by atoms with Crippen LogP contribution >= 0.6 is 34.3 Å². The predicted molar refractivity (Wildman–Crippen MR) is 121 cm³/mol. The number of hydrogen-bond donors (Lipinski definition) is 1. The van der Waals surface area contributed by atoms with E-state index in [1.165, 1.54) is 27.0 Å². The van der Waals surface area contributed by atoms with Gasteiger partial charge in [0.05, 0.1) is 5.92 Å². The molecule has 0 spiro atoms. The number of sulfonamides is 1. The van der Waals surface area contributed by atoms with E-state index in [-0.39, 0.29) is 12.5 Å². The van der Waals surface area contributed by atoms with Crippen LogP contribution in [0.4, 0.5) is 5.13 Å². The second-order valence-corrected chi connectivity index (χ2v) is 11.7. The molecule has 0 saturated carbocycles. The smallest absolute Gasteiger partial charge is 0.252 e. The summed E-state index contributed by atoms with van der Waals surface area (Å²) >= 11 is 8.54. The van der Waals surface area contributed by atoms with E-state index in [2.05, 4.69) is 10.3 Å². The van der Waals surface area contributed by atoms with Crippen LogP contribution < -0.4 is 5.32 Å². The van der Waals surface area contributed by atoms with Crippen molar-refractivity contribution in [1.82, 2.24) is 9.29 Å². The van der Waals surface area contributed by atoms with Crippen LogP contribution in [0.1, 0.15) is 23.3 Å². The van der Waals surface area contributed by atoms with Gasteiger partial charge in [-0.3, -0.25) is 4.79 Å². The maximum atomic E-state index is 12.8. The van der Waals surface area contributed by atoms with Crippen LogP contribution in [-0.4, -0.2) is 36.7 Å². The molecule has 1 aliphatic heterocycles. The van der Waals surface area contributed by atoms with Crippen LogP contribution in [0.25, 0.3) is 0 Å². The Labute approximate surface area is 188 Å². The molecule has 1 saturated heterocycles. The number of rotatable bonds is 6. The fourth-order valence-electron chi connectivity index (χ4n) is 3.37. The highest BCUT2D eigenvalue weighted by Gasteiger charge is 2.34. The summed E-state index contributed by atoms with van der Waals surface area (Å²) in [5.41, 5.74) is 1.11. The molecule has 0 radical (unpaired) electrons. The highest BCUT2D eigenvalue weighted by Crippen LogP contribution is 2.28. The van der Waals surface area contributed by atoms with Crippen LogP contribution in [0.15, 0.2) is 52.2 Å². The van der Waals surface area contributed by atoms with Gasteiger partial charge in [-0.1, -0.05) is 29.8 Å². The summed E-state index contributed by atoms with van der Waals surface area (Å²) in [6.45, 7) is 0.627. The molecule has 0 aliphatic carbocycles. The van der Waals surface area contributed by atoms with Crippen molar-refractivity contribution in [2.45, 2.75) is 23.5 Å². The molecule has 1 unspecified atom stereocenters. The number of thiophene rings is 1. The van der Waals surface area contributed by atoms with Gasteiger partial charge in [0.1, 0.15) is 4.21 Å². The standard InChI is InChI=1S/C20H20ClN3O3S3/c21-16-7-5-14(6-8-16)11-17-12-22-20(29-17)23-19(25)15-3-1-9-24(13-15)30(26,27)18-4-2-10-28-18/h2,4-8,10,12,15H,1,3,9,11,13H2,(H,22,23,25). The second-order valence-electron chi connectivity index (χ2n) is 7.06. The number of piperidine rings is 1. The Bertz CT molecular complexity index is 1110. The molecule has 0 bridgehead atoms. The first-order chi connectivity index (χ1) is 14.4. The topological polar surface area (TPSA) is 79.4 Å². The molecule has 1 fully saturated rings. The number of thiazole rings is 1. The number of halogens is 1. The molecule has 4 rings (SSSR count). The van der Waals surface area contributed by atoms with E-state index in [4.69, 9.17) is 11.6 Å². The van der Waals surface area contributed by atoms with Gasteiger partial charge < -0.3 is 5.32 Å². The van der Waals surface area contributed by atoms with Crippen LogP contribution in [0.5, 0.6) is 0 Å². The summed E-state index contributed by atoms with van der Waals surface area (Å²) in [4.78, 5) is 18.1. The lowest BCUT2D eigenvalue weighted by molar-refractivity contribution is -0.120. The number of nitrogens with zero attached hydrogens (tertiary/aromatic N) is 2. The Morgan fingerprint density at radius 1 is 1.27 bits per heavy atom. The summed E-state index contributed by atoms with van der Waals surface area (Å²) in [5.74, 6) is -0.578. The van der Waals surface area contributed by atoms with Crippen LogP contribution in [-0.2, 0) is 21.2 Å². The zero-order valence-electron chi connectivity index (χ0n) is 16.0. The predicted octanol–water partition coefficient (Wildman–Crippen LogP) is 4.49. The number of nitrogens with one attached hydrogen (secondary N) is 1. The largest absolute Gasteiger partial charge is 0.302 e. The molecular formula is C20H20ClN3O3S3. The monoisotopic (exact) mass is 481 g/mol. The quantitative estimate of drug-likeness (QED) is 0.562. The minimum absolute atomic E-state index is 0.187. The summed E-state index contributed by atoms with van der Waals surface area (Å²) in [6.07, 6.45) is 3.78. The Morgan fingerprint density at radius 2 is 2.07 bits per heavy atom. The molecule has 1 atom stereocenters. The average molecular weight is 482 g/mol. The average Bonchev–Trinajstić information content (AvgIpc) is 3.43. The van der Waals surface area contributed by atoms with Crippen molar-refractivity contribution in [2.24, 2.45) is 5.92 Å². The summed E-state index contributed by atoms with van der Waals surface area (Å²) in [5, 5.41) is 5.83. The molecule has 3 heterocycles. The number of benzene rings is 1. The summed E-state index contributed by atoms with van der Waals surface area (Å²) in [7, 11) is -3.54. The zero-order valence-corrected chi connectivity index (χ0v) is 19.2. The van der Waals surface area contributed by atoms with Gasteiger partial charge in [-0.15, -0.1) is 22.7 Å². The Morgan fingerprint density at radius 3 is 2.80 bits per heavy atom. The highest BCUT2D eigenvalue weighted by atomic mass is 35.5. The zero-order chi connectivity index (χ0) is 21.1. The number of carbonyl (C=O) groups is 1. The van der Waals surface area contributed by atoms with Crippen LogP contribution in [0, 0.1) is 5.92 Å². The number of anilines is 1. The number of carbonyl (C=O) groups excluding carboxylic acids is 1. The lowest BCUT2D eigenvalue weighted by Crippen LogP contribution is -2.43. The second kappa shape index (κ2) is 9.15. The van der Waals surface area contributed by atoms with E-state index in [1.807, 2.05) is 24.3 Å². The minimum atomic E-state index is -3.54. The van der Waals surface area contributed by atoms with Gasteiger partial charge in [0.25, 0.3) is 10.0 Å². The van der Waals surface area contributed by atoms with E-state index in [0.717, 1.165) is 10.4 Å². The van der Waals surface area contributed by atoms with Crippen molar-refractivity contribution in [3.05, 3.63) is 63.4 Å². The Hall–Kier alpha value is -1.78. The van der Waals surface area contributed by atoms with Gasteiger partial charge in [0.2, 0.25) is 5.91 Å². The molecule has 1 aliphatic rings. The van der Waals surface area contributed by atoms with Gasteiger partial charge in [0, 0.05) is 35.6 Å². The van der Waals surface area contributed by atoms with Crippen molar-refractivity contribution < 1.29 is 13.2 Å². The van der Waals surface area contributed by atoms with Gasteiger partial charge in [0.15, 0.2) is 5.13 Å². The van der Waals surface area contributed by atoms with Crippen molar-refractivity contribution in [3.63, 3.8) is 0 Å². The van der Waals surface area contributed by atoms with Crippen LogP contribution in [0.2, 0.25) is 5.02 Å². The third kappa shape index (κ3) is 4.92. The molecule has 10 heteroatoms. The van der Waals surface area contributed by atoms with Crippen molar-refractivity contribution >= 4 is 55.3 Å². The fraction of sp³-hybridized carbons (Fsp3) is 0.300. The summed E-state index contributed by atoms with van der Waals surface area (Å²) in [6, 6.07) is 10.9. The number of amides is 1. The summed E-state index contributed by atoms with van der Waals surface area (Å²) < 4.78 is 27.2. The van der Waals surface area contributed by atoms with E-state index in [1.54, 1.807) is 23.7 Å².